The molecule has 0 fully saturated rings. The normalized spacial score (nSPS) is 12.3. The Morgan fingerprint density at radius 3 is 2.46 bits per heavy atom. The van der Waals surface area contributed by atoms with Crippen LogP contribution in [0.2, 0.25) is 0 Å². The molecular formula is C16H22BrNO6. The molecule has 1 aromatic carbocycles. The molecule has 8 heteroatoms. The summed E-state index contributed by atoms with van der Waals surface area (Å²) >= 11 is 3.15. The third-order valence-electron chi connectivity index (χ3n) is 2.78. The number of alkyl carbamates (subject to hydrolysis) is 1. The summed E-state index contributed by atoms with van der Waals surface area (Å²) < 4.78 is 10.2. The van der Waals surface area contributed by atoms with Gasteiger partial charge in [-0.25, -0.2) is 9.59 Å². The zero-order chi connectivity index (χ0) is 18.3. The highest BCUT2D eigenvalue weighted by Gasteiger charge is 2.26. The van der Waals surface area contributed by atoms with Crippen LogP contribution in [0.3, 0.4) is 0 Å². The second kappa shape index (κ2) is 8.77. The van der Waals surface area contributed by atoms with Crippen LogP contribution in [0.25, 0.3) is 0 Å². The third kappa shape index (κ3) is 7.08. The van der Waals surface area contributed by atoms with Crippen LogP contribution in [-0.2, 0) is 20.7 Å². The Hall–Kier alpha value is -1.96. The monoisotopic (exact) mass is 403 g/mol. The van der Waals surface area contributed by atoms with Crippen molar-refractivity contribution < 1.29 is 29.3 Å². The molecule has 134 valence electrons. The van der Waals surface area contributed by atoms with Gasteiger partial charge in [-0.2, -0.15) is 0 Å². The molecule has 1 aromatic rings. The molecule has 0 bridgehead atoms. The Bertz CT molecular complexity index is 584. The Morgan fingerprint density at radius 1 is 1.25 bits per heavy atom. The molecule has 0 aliphatic heterocycles. The van der Waals surface area contributed by atoms with E-state index >= 15 is 0 Å². The van der Waals surface area contributed by atoms with Gasteiger partial charge in [0.2, 0.25) is 0 Å². The first-order chi connectivity index (χ1) is 11.1. The highest BCUT2D eigenvalue weighted by Crippen LogP contribution is 2.25. The summed E-state index contributed by atoms with van der Waals surface area (Å²) in [5.41, 5.74) is -0.160. The number of phenols is 2. The van der Waals surface area contributed by atoms with E-state index in [4.69, 9.17) is 9.47 Å². The number of carbonyl (C=O) groups is 2. The fourth-order valence-corrected chi connectivity index (χ4v) is 1.98. The van der Waals surface area contributed by atoms with Gasteiger partial charge in [0.1, 0.15) is 18.2 Å². The fourth-order valence-electron chi connectivity index (χ4n) is 1.81. The van der Waals surface area contributed by atoms with Gasteiger partial charge in [0.15, 0.2) is 11.5 Å². The summed E-state index contributed by atoms with van der Waals surface area (Å²) in [6.45, 7) is 5.29. The van der Waals surface area contributed by atoms with Gasteiger partial charge in [-0.1, -0.05) is 22.0 Å². The topological polar surface area (TPSA) is 105 Å². The number of amides is 1. The molecule has 0 aliphatic carbocycles. The first-order valence-corrected chi connectivity index (χ1v) is 8.47. The molecule has 0 spiro atoms. The van der Waals surface area contributed by atoms with E-state index in [1.165, 1.54) is 18.2 Å². The van der Waals surface area contributed by atoms with Gasteiger partial charge in [-0.3, -0.25) is 0 Å². The second-order valence-corrected chi connectivity index (χ2v) is 6.88. The lowest BCUT2D eigenvalue weighted by Crippen LogP contribution is -2.45. The van der Waals surface area contributed by atoms with Crippen LogP contribution in [0.1, 0.15) is 26.3 Å². The number of phenolic OH excluding ortho intramolecular Hbond substituents is 2. The number of benzene rings is 1. The molecule has 0 aliphatic rings. The molecule has 1 atom stereocenters. The van der Waals surface area contributed by atoms with Crippen LogP contribution in [0.15, 0.2) is 18.2 Å². The minimum Gasteiger partial charge on any atom is -0.504 e. The average Bonchev–Trinajstić information content (AvgIpc) is 2.46. The van der Waals surface area contributed by atoms with Gasteiger partial charge >= 0.3 is 12.1 Å². The zero-order valence-corrected chi connectivity index (χ0v) is 15.4. The van der Waals surface area contributed by atoms with Crippen molar-refractivity contribution in [1.29, 1.82) is 0 Å². The van der Waals surface area contributed by atoms with Crippen LogP contribution in [-0.4, -0.2) is 45.9 Å². The first kappa shape index (κ1) is 20.1. The SMILES string of the molecule is CC(C)(C)OC(=O)NC(Cc1ccc(O)c(O)c1)C(=O)OCCBr. The molecule has 3 N–H and O–H groups in total. The predicted molar refractivity (Wildman–Crippen MR) is 91.4 cm³/mol. The summed E-state index contributed by atoms with van der Waals surface area (Å²) in [7, 11) is 0. The summed E-state index contributed by atoms with van der Waals surface area (Å²) in [4.78, 5) is 24.1. The van der Waals surface area contributed by atoms with E-state index in [-0.39, 0.29) is 24.5 Å². The average molecular weight is 404 g/mol. The van der Waals surface area contributed by atoms with E-state index in [9.17, 15) is 19.8 Å². The standard InChI is InChI=1S/C16H22BrNO6/c1-16(2,3)24-15(22)18-11(14(21)23-7-6-17)8-10-4-5-12(19)13(20)9-10/h4-5,9,11,19-20H,6-8H2,1-3H3,(H,18,22). The Morgan fingerprint density at radius 2 is 1.92 bits per heavy atom. The van der Waals surface area contributed by atoms with E-state index < -0.39 is 23.7 Å². The molecule has 0 radical (unpaired) electrons. The molecule has 24 heavy (non-hydrogen) atoms. The van der Waals surface area contributed by atoms with Gasteiger partial charge in [-0.05, 0) is 38.5 Å². The molecule has 1 amide bonds. The Labute approximate surface area is 149 Å². The third-order valence-corrected chi connectivity index (χ3v) is 3.10. The lowest BCUT2D eigenvalue weighted by Gasteiger charge is -2.23. The molecule has 0 saturated heterocycles. The first-order valence-electron chi connectivity index (χ1n) is 7.35. The van der Waals surface area contributed by atoms with Crippen molar-refractivity contribution >= 4 is 28.0 Å². The zero-order valence-electron chi connectivity index (χ0n) is 13.8. The molecule has 1 unspecified atom stereocenters. The minimum absolute atomic E-state index is 0.0776. The largest absolute Gasteiger partial charge is 0.504 e. The summed E-state index contributed by atoms with van der Waals surface area (Å²) in [5, 5.41) is 21.8. The van der Waals surface area contributed by atoms with Gasteiger partial charge in [0.25, 0.3) is 0 Å². The molecular weight excluding hydrogens is 382 g/mol. The van der Waals surface area contributed by atoms with Gasteiger partial charge in [0, 0.05) is 11.8 Å². The quantitative estimate of drug-likeness (QED) is 0.382. The van der Waals surface area contributed by atoms with Crippen molar-refractivity contribution in [3.05, 3.63) is 23.8 Å². The molecule has 7 nitrogen and oxygen atoms in total. The molecule has 0 saturated carbocycles. The van der Waals surface area contributed by atoms with Crippen LogP contribution in [0.4, 0.5) is 4.79 Å². The summed E-state index contributed by atoms with van der Waals surface area (Å²) in [6, 6.07) is 3.18. The molecule has 0 aromatic heterocycles. The Balaban J connectivity index is 2.85. The number of rotatable bonds is 6. The number of hydrogen-bond acceptors (Lipinski definition) is 6. The van der Waals surface area contributed by atoms with Crippen molar-refractivity contribution in [2.75, 3.05) is 11.9 Å². The van der Waals surface area contributed by atoms with Gasteiger partial charge in [-0.15, -0.1) is 0 Å². The fraction of sp³-hybridized carbons (Fsp3) is 0.500. The summed E-state index contributed by atoms with van der Waals surface area (Å²) in [5.74, 6) is -1.19. The molecule has 1 rings (SSSR count). The summed E-state index contributed by atoms with van der Waals surface area (Å²) in [6.07, 6.45) is -0.667. The van der Waals surface area contributed by atoms with Crippen LogP contribution < -0.4 is 5.32 Å². The second-order valence-electron chi connectivity index (χ2n) is 6.08. The number of carbonyl (C=O) groups excluding carboxylic acids is 2. The van der Waals surface area contributed by atoms with Crippen LogP contribution in [0.5, 0.6) is 11.5 Å². The number of alkyl halides is 1. The number of esters is 1. The maximum atomic E-state index is 12.1. The number of ether oxygens (including phenoxy) is 2. The van der Waals surface area contributed by atoms with E-state index in [2.05, 4.69) is 21.2 Å². The van der Waals surface area contributed by atoms with E-state index in [0.717, 1.165) is 0 Å². The van der Waals surface area contributed by atoms with E-state index in [0.29, 0.717) is 10.9 Å². The van der Waals surface area contributed by atoms with Crippen molar-refractivity contribution in [2.45, 2.75) is 38.8 Å². The number of nitrogens with one attached hydrogen (secondary N) is 1. The van der Waals surface area contributed by atoms with Crippen molar-refractivity contribution in [3.8, 4) is 11.5 Å². The number of aromatic hydroxyl groups is 2. The number of halogens is 1. The minimum atomic E-state index is -0.983. The Kier molecular flexibility index (Phi) is 7.34. The van der Waals surface area contributed by atoms with Crippen molar-refractivity contribution in [2.24, 2.45) is 0 Å². The van der Waals surface area contributed by atoms with Gasteiger partial charge in [0.05, 0.1) is 0 Å². The smallest absolute Gasteiger partial charge is 0.408 e. The van der Waals surface area contributed by atoms with Crippen molar-refractivity contribution in [1.82, 2.24) is 5.32 Å². The predicted octanol–water partition coefficient (Wildman–Crippen LogP) is 2.47. The maximum Gasteiger partial charge on any atom is 0.408 e. The highest BCUT2D eigenvalue weighted by atomic mass is 79.9. The van der Waals surface area contributed by atoms with Crippen LogP contribution >= 0.6 is 15.9 Å². The maximum absolute atomic E-state index is 12.1. The number of hydrogen-bond donors (Lipinski definition) is 3. The highest BCUT2D eigenvalue weighted by molar-refractivity contribution is 9.09. The van der Waals surface area contributed by atoms with Crippen molar-refractivity contribution in [3.63, 3.8) is 0 Å². The molecule has 0 heterocycles. The van der Waals surface area contributed by atoms with Crippen LogP contribution in [0, 0.1) is 0 Å². The van der Waals surface area contributed by atoms with E-state index in [1.54, 1.807) is 20.8 Å². The van der Waals surface area contributed by atoms with Gasteiger partial charge < -0.3 is 25.0 Å². The lowest BCUT2D eigenvalue weighted by molar-refractivity contribution is -0.145. The van der Waals surface area contributed by atoms with E-state index in [1.807, 2.05) is 0 Å². The lowest BCUT2D eigenvalue weighted by atomic mass is 10.1.